The Morgan fingerprint density at radius 1 is 1.20 bits per heavy atom. The summed E-state index contributed by atoms with van der Waals surface area (Å²) >= 11 is 0. The van der Waals surface area contributed by atoms with Crippen LogP contribution in [0.25, 0.3) is 28.1 Å². The molecule has 1 amide bonds. The van der Waals surface area contributed by atoms with Crippen LogP contribution in [0.1, 0.15) is 21.6 Å². The monoisotopic (exact) mass is 331 g/mol. The molecular formula is C19H12FN4O. The Kier molecular flexibility index (Phi) is 2.68. The van der Waals surface area contributed by atoms with E-state index in [0.29, 0.717) is 22.4 Å². The van der Waals surface area contributed by atoms with Crippen molar-refractivity contribution in [2.45, 2.75) is 0 Å². The van der Waals surface area contributed by atoms with Crippen LogP contribution in [0.15, 0.2) is 48.7 Å². The fourth-order valence-corrected chi connectivity index (χ4v) is 3.39. The Balaban J connectivity index is 1.74. The molecule has 4 aromatic rings. The smallest absolute Gasteiger partial charge is 0.250 e. The number of carbonyl (C=O) groups is 1. The lowest BCUT2D eigenvalue weighted by atomic mass is 10.0. The number of amides is 1. The molecule has 3 heterocycles. The normalized spacial score (nSPS) is 12.4. The minimum Gasteiger partial charge on any atom is -0.366 e. The minimum absolute atomic E-state index is 0.312. The largest absolute Gasteiger partial charge is 0.366 e. The Morgan fingerprint density at radius 2 is 2.08 bits per heavy atom. The van der Waals surface area contributed by atoms with Crippen molar-refractivity contribution in [3.05, 3.63) is 77.7 Å². The number of hydrogen-bond acceptors (Lipinski definition) is 2. The van der Waals surface area contributed by atoms with Crippen molar-refractivity contribution < 1.29 is 9.18 Å². The van der Waals surface area contributed by atoms with E-state index in [4.69, 9.17) is 5.73 Å². The first-order valence-corrected chi connectivity index (χ1v) is 7.77. The van der Waals surface area contributed by atoms with Crippen LogP contribution in [0.5, 0.6) is 0 Å². The Bertz CT molecular complexity index is 1170. The highest BCUT2D eigenvalue weighted by Gasteiger charge is 2.26. The van der Waals surface area contributed by atoms with Crippen molar-refractivity contribution in [1.82, 2.24) is 14.5 Å². The molecule has 3 N–H and O–H groups in total. The number of fused-ring (bicyclic) bond motifs is 4. The average molecular weight is 331 g/mol. The highest BCUT2D eigenvalue weighted by atomic mass is 19.1. The third kappa shape index (κ3) is 1.94. The van der Waals surface area contributed by atoms with Gasteiger partial charge in [-0.15, -0.1) is 0 Å². The molecule has 0 atom stereocenters. The first-order chi connectivity index (χ1) is 12.1. The number of aromatic amines is 1. The lowest BCUT2D eigenvalue weighted by Gasteiger charge is -2.08. The molecule has 0 aliphatic carbocycles. The zero-order chi connectivity index (χ0) is 17.1. The first kappa shape index (κ1) is 14.0. The fraction of sp³-hybridized carbons (Fsp3) is 0. The van der Waals surface area contributed by atoms with Crippen LogP contribution >= 0.6 is 0 Å². The summed E-state index contributed by atoms with van der Waals surface area (Å²) in [6.07, 6.45) is 3.75. The molecule has 25 heavy (non-hydrogen) atoms. The van der Waals surface area contributed by atoms with Gasteiger partial charge in [0.1, 0.15) is 11.6 Å². The summed E-state index contributed by atoms with van der Waals surface area (Å²) in [6.45, 7) is 0. The molecule has 2 aromatic heterocycles. The van der Waals surface area contributed by atoms with Gasteiger partial charge in [-0.1, -0.05) is 12.1 Å². The predicted molar refractivity (Wildman–Crippen MR) is 91.8 cm³/mol. The van der Waals surface area contributed by atoms with E-state index in [0.717, 1.165) is 22.5 Å². The number of nitrogens with two attached hydrogens (primary N) is 1. The van der Waals surface area contributed by atoms with Crippen LogP contribution in [0, 0.1) is 12.2 Å². The predicted octanol–water partition coefficient (Wildman–Crippen LogP) is 3.17. The van der Waals surface area contributed by atoms with Crippen molar-refractivity contribution in [3.63, 3.8) is 0 Å². The number of hydrogen-bond donors (Lipinski definition) is 2. The van der Waals surface area contributed by atoms with Gasteiger partial charge >= 0.3 is 0 Å². The van der Waals surface area contributed by atoms with E-state index >= 15 is 0 Å². The quantitative estimate of drug-likeness (QED) is 0.521. The van der Waals surface area contributed by atoms with Gasteiger partial charge in [0.15, 0.2) is 0 Å². The molecule has 1 aliphatic heterocycles. The van der Waals surface area contributed by atoms with Gasteiger partial charge in [-0.2, -0.15) is 0 Å². The molecular weight excluding hydrogens is 319 g/mol. The zero-order valence-electron chi connectivity index (χ0n) is 13.0. The van der Waals surface area contributed by atoms with Gasteiger partial charge in [0, 0.05) is 23.9 Å². The maximum absolute atomic E-state index is 13.4. The molecule has 2 aromatic carbocycles. The van der Waals surface area contributed by atoms with E-state index in [1.54, 1.807) is 12.1 Å². The third-order valence-electron chi connectivity index (χ3n) is 4.49. The molecule has 1 aliphatic rings. The standard InChI is InChI=1S/C19H12FN4O/c20-11-4-5-14-15(9-11)23-19(22-14)13-3-1-2-10-8-16-12(18(21)25)6-7-24(16)17(10)13/h1-9H,(H2,21,25)(H,22,23). The summed E-state index contributed by atoms with van der Waals surface area (Å²) in [5.74, 6) is -0.125. The Morgan fingerprint density at radius 3 is 2.92 bits per heavy atom. The topological polar surface area (TPSA) is 76.7 Å². The van der Waals surface area contributed by atoms with Gasteiger partial charge in [0.05, 0.1) is 22.3 Å². The lowest BCUT2D eigenvalue weighted by molar-refractivity contribution is 0.1000. The SMILES string of the molecule is NC(=O)c1ccn2c1[CH]c1cccc(-c3nc4ccc(F)cc4[nH]3)c1-2. The number of nitrogens with one attached hydrogen (secondary N) is 1. The van der Waals surface area contributed by atoms with Crippen LogP contribution in [0.2, 0.25) is 0 Å². The molecule has 5 rings (SSSR count). The van der Waals surface area contributed by atoms with Crippen LogP contribution in [-0.4, -0.2) is 20.4 Å². The first-order valence-electron chi connectivity index (χ1n) is 7.77. The second kappa shape index (κ2) is 4.80. The van der Waals surface area contributed by atoms with Crippen LogP contribution in [-0.2, 0) is 0 Å². The molecule has 0 saturated heterocycles. The van der Waals surface area contributed by atoms with Crippen LogP contribution in [0.3, 0.4) is 0 Å². The maximum Gasteiger partial charge on any atom is 0.250 e. The second-order valence-corrected chi connectivity index (χ2v) is 5.98. The average Bonchev–Trinajstić information content (AvgIpc) is 3.25. The molecule has 0 bridgehead atoms. The second-order valence-electron chi connectivity index (χ2n) is 5.98. The molecule has 0 saturated carbocycles. The van der Waals surface area contributed by atoms with E-state index in [1.807, 2.05) is 35.4 Å². The van der Waals surface area contributed by atoms with Gasteiger partial charge in [-0.3, -0.25) is 4.79 Å². The number of carbonyl (C=O) groups excluding carboxylic acids is 1. The maximum atomic E-state index is 13.4. The third-order valence-corrected chi connectivity index (χ3v) is 4.49. The van der Waals surface area contributed by atoms with E-state index < -0.39 is 5.91 Å². The number of primary amides is 1. The summed E-state index contributed by atoms with van der Waals surface area (Å²) in [5, 5.41) is 0. The summed E-state index contributed by atoms with van der Waals surface area (Å²) in [4.78, 5) is 19.4. The number of benzene rings is 2. The summed E-state index contributed by atoms with van der Waals surface area (Å²) in [7, 11) is 0. The number of aromatic nitrogens is 3. The van der Waals surface area contributed by atoms with Crippen molar-refractivity contribution >= 4 is 16.9 Å². The van der Waals surface area contributed by atoms with Gasteiger partial charge in [-0.05, 0) is 35.9 Å². The van der Waals surface area contributed by atoms with E-state index in [1.165, 1.54) is 12.1 Å². The van der Waals surface area contributed by atoms with Gasteiger partial charge < -0.3 is 15.3 Å². The number of imidazole rings is 1. The summed E-state index contributed by atoms with van der Waals surface area (Å²) < 4.78 is 15.4. The molecule has 1 radical (unpaired) electrons. The molecule has 6 heteroatoms. The van der Waals surface area contributed by atoms with Gasteiger partial charge in [0.2, 0.25) is 0 Å². The molecule has 5 nitrogen and oxygen atoms in total. The molecule has 0 unspecified atom stereocenters. The summed E-state index contributed by atoms with van der Waals surface area (Å²) in [6, 6.07) is 12.0. The highest BCUT2D eigenvalue weighted by molar-refractivity contribution is 5.96. The number of H-pyrrole nitrogens is 1. The van der Waals surface area contributed by atoms with Crippen molar-refractivity contribution in [1.29, 1.82) is 0 Å². The zero-order valence-corrected chi connectivity index (χ0v) is 13.0. The van der Waals surface area contributed by atoms with Crippen molar-refractivity contribution in [2.24, 2.45) is 5.73 Å². The Labute approximate surface area is 141 Å². The highest BCUT2D eigenvalue weighted by Crippen LogP contribution is 2.38. The Hall–Kier alpha value is -3.41. The minimum atomic E-state index is -0.460. The fourth-order valence-electron chi connectivity index (χ4n) is 3.39. The van der Waals surface area contributed by atoms with E-state index in [2.05, 4.69) is 9.97 Å². The molecule has 0 fully saturated rings. The number of para-hydroxylation sites is 1. The summed E-state index contributed by atoms with van der Waals surface area (Å²) in [5.41, 5.74) is 10.8. The van der Waals surface area contributed by atoms with Gasteiger partial charge in [0.25, 0.3) is 5.91 Å². The van der Waals surface area contributed by atoms with E-state index in [-0.39, 0.29) is 5.82 Å². The van der Waals surface area contributed by atoms with Crippen LogP contribution in [0.4, 0.5) is 4.39 Å². The van der Waals surface area contributed by atoms with Crippen molar-refractivity contribution in [3.8, 4) is 17.1 Å². The van der Waals surface area contributed by atoms with E-state index in [9.17, 15) is 9.18 Å². The number of nitrogens with zero attached hydrogens (tertiary/aromatic N) is 2. The lowest BCUT2D eigenvalue weighted by Crippen LogP contribution is -2.12. The molecule has 0 spiro atoms. The number of halogens is 1. The van der Waals surface area contributed by atoms with Gasteiger partial charge in [-0.25, -0.2) is 9.37 Å². The van der Waals surface area contributed by atoms with Crippen molar-refractivity contribution in [2.75, 3.05) is 0 Å². The number of rotatable bonds is 2. The molecule has 121 valence electrons. The van der Waals surface area contributed by atoms with Crippen LogP contribution < -0.4 is 5.73 Å².